The van der Waals surface area contributed by atoms with Crippen LogP contribution in [-0.2, 0) is 4.79 Å². The number of amides is 3. The maximum absolute atomic E-state index is 11.6. The number of imide groups is 1. The Morgan fingerprint density at radius 1 is 1.55 bits per heavy atom. The fourth-order valence-electron chi connectivity index (χ4n) is 2.52. The van der Waals surface area contributed by atoms with Gasteiger partial charge in [-0.3, -0.25) is 20.2 Å². The molecule has 1 saturated heterocycles. The van der Waals surface area contributed by atoms with Crippen LogP contribution < -0.4 is 10.6 Å². The number of nitrogens with one attached hydrogen (secondary N) is 2. The van der Waals surface area contributed by atoms with Gasteiger partial charge in [0, 0.05) is 18.1 Å². The first-order chi connectivity index (χ1) is 9.19. The van der Waals surface area contributed by atoms with Crippen LogP contribution in [0.2, 0.25) is 0 Å². The van der Waals surface area contributed by atoms with Crippen LogP contribution in [0.5, 0.6) is 0 Å². The number of urea groups is 1. The van der Waals surface area contributed by atoms with Gasteiger partial charge in [0.05, 0.1) is 9.25 Å². The van der Waals surface area contributed by atoms with E-state index in [0.29, 0.717) is 12.0 Å². The van der Waals surface area contributed by atoms with Crippen molar-refractivity contribution in [1.29, 1.82) is 0 Å². The maximum atomic E-state index is 11.6. The van der Waals surface area contributed by atoms with E-state index < -0.39 is 27.2 Å². The summed E-state index contributed by atoms with van der Waals surface area (Å²) in [4.78, 5) is 33.4. The van der Waals surface area contributed by atoms with Crippen LogP contribution in [0, 0.1) is 10.1 Å². The number of hydrogen-bond donors (Lipinski definition) is 2. The van der Waals surface area contributed by atoms with E-state index in [1.807, 2.05) is 6.92 Å². The molecule has 2 N–H and O–H groups in total. The van der Waals surface area contributed by atoms with Crippen molar-refractivity contribution < 1.29 is 14.5 Å². The second-order valence-electron chi connectivity index (χ2n) is 5.22. The fourth-order valence-corrected chi connectivity index (χ4v) is 3.15. The van der Waals surface area contributed by atoms with E-state index in [9.17, 15) is 19.7 Å². The molecule has 0 radical (unpaired) electrons. The maximum Gasteiger partial charge on any atom is 0.322 e. The zero-order chi connectivity index (χ0) is 15.1. The van der Waals surface area contributed by atoms with Crippen LogP contribution in [0.4, 0.5) is 4.79 Å². The molecule has 7 nitrogen and oxygen atoms in total. The molecule has 3 amide bonds. The van der Waals surface area contributed by atoms with Gasteiger partial charge < -0.3 is 5.32 Å². The second kappa shape index (κ2) is 5.01. The largest absolute Gasteiger partial charge is 0.326 e. The monoisotopic (exact) mass is 343 g/mol. The van der Waals surface area contributed by atoms with E-state index >= 15 is 0 Å². The molecule has 0 spiro atoms. The number of allylic oxidation sites excluding steroid dienone is 3. The fraction of sp³-hybridized carbons (Fsp3) is 0.500. The molecule has 1 aliphatic heterocycles. The number of carbonyl (C=O) groups excluding carboxylic acids is 2. The third kappa shape index (κ3) is 2.90. The van der Waals surface area contributed by atoms with Crippen LogP contribution in [0.25, 0.3) is 0 Å². The van der Waals surface area contributed by atoms with E-state index in [4.69, 9.17) is 0 Å². The lowest BCUT2D eigenvalue weighted by atomic mass is 9.86. The van der Waals surface area contributed by atoms with Gasteiger partial charge >= 0.3 is 6.03 Å². The van der Waals surface area contributed by atoms with Gasteiger partial charge in [0.1, 0.15) is 6.04 Å². The zero-order valence-electron chi connectivity index (χ0n) is 11.0. The van der Waals surface area contributed by atoms with E-state index in [1.54, 1.807) is 13.0 Å². The van der Waals surface area contributed by atoms with Crippen molar-refractivity contribution in [3.05, 3.63) is 33.0 Å². The lowest BCUT2D eigenvalue weighted by Crippen LogP contribution is -2.32. The van der Waals surface area contributed by atoms with Crippen LogP contribution >= 0.6 is 15.9 Å². The summed E-state index contributed by atoms with van der Waals surface area (Å²) < 4.78 is -0.468. The lowest BCUT2D eigenvalue weighted by Gasteiger charge is -2.26. The van der Waals surface area contributed by atoms with Crippen molar-refractivity contribution in [1.82, 2.24) is 10.6 Å². The number of nitrogens with zero attached hydrogens (tertiary/aromatic N) is 1. The summed E-state index contributed by atoms with van der Waals surface area (Å²) in [6.45, 7) is 3.65. The summed E-state index contributed by atoms with van der Waals surface area (Å²) in [5.74, 6) is -0.454. The highest BCUT2D eigenvalue weighted by molar-refractivity contribution is 9.10. The van der Waals surface area contributed by atoms with Gasteiger partial charge in [-0.1, -0.05) is 21.5 Å². The topological polar surface area (TPSA) is 101 Å². The molecule has 1 fully saturated rings. The normalized spacial score (nSPS) is 29.9. The lowest BCUT2D eigenvalue weighted by molar-refractivity contribution is -0.421. The van der Waals surface area contributed by atoms with E-state index in [2.05, 4.69) is 26.6 Å². The average molecular weight is 344 g/mol. The van der Waals surface area contributed by atoms with E-state index in [1.165, 1.54) is 0 Å². The summed E-state index contributed by atoms with van der Waals surface area (Å²) in [5.41, 5.74) is 1.34. The molecule has 0 saturated carbocycles. The predicted octanol–water partition coefficient (Wildman–Crippen LogP) is 1.62. The summed E-state index contributed by atoms with van der Waals surface area (Å²) >= 11 is 3.44. The number of hydrogen-bond acceptors (Lipinski definition) is 4. The first-order valence-electron chi connectivity index (χ1n) is 6.06. The third-order valence-electron chi connectivity index (χ3n) is 3.34. The third-order valence-corrected chi connectivity index (χ3v) is 3.85. The minimum atomic E-state index is -0.754. The van der Waals surface area contributed by atoms with Gasteiger partial charge in [0.2, 0.25) is 0 Å². The summed E-state index contributed by atoms with van der Waals surface area (Å²) in [5, 5.41) is 15.8. The quantitative estimate of drug-likeness (QED) is 0.352. The van der Waals surface area contributed by atoms with Crippen molar-refractivity contribution in [2.45, 2.75) is 37.1 Å². The second-order valence-corrected chi connectivity index (χ2v) is 7.03. The van der Waals surface area contributed by atoms with Gasteiger partial charge in [-0.25, -0.2) is 4.79 Å². The van der Waals surface area contributed by atoms with Crippen LogP contribution in [-0.4, -0.2) is 27.2 Å². The minimum Gasteiger partial charge on any atom is -0.326 e. The highest BCUT2D eigenvalue weighted by Crippen LogP contribution is 2.38. The Morgan fingerprint density at radius 2 is 2.20 bits per heavy atom. The molecule has 108 valence electrons. The number of alkyl halides is 1. The highest BCUT2D eigenvalue weighted by Gasteiger charge is 2.37. The Balaban J connectivity index is 2.29. The molecule has 0 aromatic carbocycles. The molecule has 1 aliphatic carbocycles. The van der Waals surface area contributed by atoms with Crippen molar-refractivity contribution in [2.75, 3.05) is 0 Å². The molecular formula is C12H14BrN3O4. The van der Waals surface area contributed by atoms with Crippen LogP contribution in [0.3, 0.4) is 0 Å². The standard InChI is InChI=1S/C12H14BrN3O4/c1-6-4-12(2,13)5-9(16(19)20)7(6)3-8-10(17)15-11(18)14-8/h5,8H,3-4H2,1-2H3,(H2,14,15,17,18). The predicted molar refractivity (Wildman–Crippen MR) is 74.8 cm³/mol. The highest BCUT2D eigenvalue weighted by atomic mass is 79.9. The average Bonchev–Trinajstić information content (AvgIpc) is 2.59. The van der Waals surface area contributed by atoms with Crippen molar-refractivity contribution in [2.24, 2.45) is 0 Å². The summed E-state index contributed by atoms with van der Waals surface area (Å²) in [6, 6.07) is -1.32. The van der Waals surface area contributed by atoms with Gasteiger partial charge in [0.25, 0.3) is 11.6 Å². The Bertz CT molecular complexity index is 565. The number of carbonyl (C=O) groups is 2. The Labute approximate surface area is 123 Å². The van der Waals surface area contributed by atoms with Gasteiger partial charge in [0.15, 0.2) is 0 Å². The number of halogens is 1. The Kier molecular flexibility index (Phi) is 3.68. The molecule has 2 atom stereocenters. The molecular weight excluding hydrogens is 330 g/mol. The molecule has 8 heteroatoms. The molecule has 2 unspecified atom stereocenters. The van der Waals surface area contributed by atoms with Crippen molar-refractivity contribution in [3.8, 4) is 0 Å². The molecule has 2 rings (SSSR count). The SMILES string of the molecule is CC1=C(CC2NC(=O)NC2=O)C([N+](=O)[O-])=CC(C)(Br)C1. The molecule has 2 aliphatic rings. The van der Waals surface area contributed by atoms with E-state index in [0.717, 1.165) is 5.57 Å². The molecule has 0 bridgehead atoms. The molecule has 1 heterocycles. The van der Waals surface area contributed by atoms with Crippen molar-refractivity contribution in [3.63, 3.8) is 0 Å². The van der Waals surface area contributed by atoms with Gasteiger partial charge in [-0.2, -0.15) is 0 Å². The van der Waals surface area contributed by atoms with Crippen LogP contribution in [0.15, 0.2) is 22.9 Å². The summed E-state index contributed by atoms with van der Waals surface area (Å²) in [7, 11) is 0. The molecule has 0 aromatic heterocycles. The Hall–Kier alpha value is -1.70. The molecule has 20 heavy (non-hydrogen) atoms. The number of nitro groups is 1. The molecule has 0 aromatic rings. The van der Waals surface area contributed by atoms with Crippen LogP contribution in [0.1, 0.15) is 26.7 Å². The first kappa shape index (κ1) is 14.7. The van der Waals surface area contributed by atoms with Crippen molar-refractivity contribution >= 4 is 27.9 Å². The van der Waals surface area contributed by atoms with E-state index in [-0.39, 0.29) is 12.1 Å². The summed E-state index contributed by atoms with van der Waals surface area (Å²) in [6.07, 6.45) is 2.28. The van der Waals surface area contributed by atoms with Gasteiger partial charge in [-0.15, -0.1) is 0 Å². The van der Waals surface area contributed by atoms with Gasteiger partial charge in [-0.05, 0) is 20.3 Å². The smallest absolute Gasteiger partial charge is 0.322 e. The Morgan fingerprint density at radius 3 is 2.70 bits per heavy atom. The zero-order valence-corrected chi connectivity index (χ0v) is 12.6. The minimum absolute atomic E-state index is 0.0120. The first-order valence-corrected chi connectivity index (χ1v) is 6.85. The number of rotatable bonds is 3.